The largest absolute Gasteiger partial charge is 0.351 e. The number of likely N-dealkylation sites (tertiary alicyclic amines) is 1. The number of allylic oxidation sites excluding steroid dienone is 6. The van der Waals surface area contributed by atoms with Crippen LogP contribution >= 0.6 is 0 Å². The summed E-state index contributed by atoms with van der Waals surface area (Å²) >= 11 is 0. The molecule has 0 aromatic carbocycles. The Morgan fingerprint density at radius 2 is 0.974 bits per heavy atom. The molecule has 0 N–H and O–H groups in total. The van der Waals surface area contributed by atoms with Crippen LogP contribution in [-0.4, -0.2) is 44.0 Å². The van der Waals surface area contributed by atoms with Crippen LogP contribution in [0.2, 0.25) is 0 Å². The molecular weight excluding hydrogens is 478 g/mol. The molecule has 0 radical (unpaired) electrons. The van der Waals surface area contributed by atoms with E-state index in [0.29, 0.717) is 0 Å². The Kier molecular flexibility index (Phi) is 27.9. The first kappa shape index (κ1) is 36.1. The van der Waals surface area contributed by atoms with E-state index >= 15 is 0 Å². The molecule has 1 saturated heterocycles. The van der Waals surface area contributed by atoms with Gasteiger partial charge < -0.3 is 9.47 Å². The Morgan fingerprint density at radius 1 is 0.513 bits per heavy atom. The SMILES string of the molecule is CCCC=CCCCCCCCOC(CN1CCCC1)OCCCCCCCCC=CCC=CCCCCC. The van der Waals surface area contributed by atoms with Gasteiger partial charge in [0, 0.05) is 19.8 Å². The van der Waals surface area contributed by atoms with Crippen molar-refractivity contribution in [3.63, 3.8) is 0 Å². The van der Waals surface area contributed by atoms with E-state index in [1.807, 2.05) is 0 Å². The number of hydrogen-bond acceptors (Lipinski definition) is 3. The molecular formula is C36H67NO2. The normalized spacial score (nSPS) is 15.5. The molecule has 0 aliphatic carbocycles. The van der Waals surface area contributed by atoms with Crippen molar-refractivity contribution in [2.24, 2.45) is 0 Å². The fraction of sp³-hybridized carbons (Fsp3) is 0.833. The molecule has 1 heterocycles. The maximum Gasteiger partial charge on any atom is 0.170 e. The van der Waals surface area contributed by atoms with Crippen LogP contribution in [0.1, 0.15) is 155 Å². The molecule has 0 spiro atoms. The summed E-state index contributed by atoms with van der Waals surface area (Å²) in [5, 5.41) is 0. The number of rotatable bonds is 29. The van der Waals surface area contributed by atoms with E-state index in [2.05, 4.69) is 55.2 Å². The van der Waals surface area contributed by atoms with E-state index in [9.17, 15) is 0 Å². The van der Waals surface area contributed by atoms with Gasteiger partial charge in [-0.15, -0.1) is 0 Å². The van der Waals surface area contributed by atoms with Gasteiger partial charge in [0.1, 0.15) is 0 Å². The van der Waals surface area contributed by atoms with Gasteiger partial charge in [-0.3, -0.25) is 4.90 Å². The van der Waals surface area contributed by atoms with Crippen LogP contribution in [-0.2, 0) is 9.47 Å². The van der Waals surface area contributed by atoms with Gasteiger partial charge in [0.05, 0.1) is 0 Å². The summed E-state index contributed by atoms with van der Waals surface area (Å²) in [6.07, 6.45) is 42.3. The van der Waals surface area contributed by atoms with E-state index in [4.69, 9.17) is 9.47 Å². The zero-order chi connectivity index (χ0) is 27.9. The smallest absolute Gasteiger partial charge is 0.170 e. The third kappa shape index (κ3) is 25.8. The summed E-state index contributed by atoms with van der Waals surface area (Å²) in [6.45, 7) is 9.57. The van der Waals surface area contributed by atoms with Crippen LogP contribution in [0.25, 0.3) is 0 Å². The van der Waals surface area contributed by atoms with Crippen LogP contribution in [0.3, 0.4) is 0 Å². The Bertz CT molecular complexity index is 564. The highest BCUT2D eigenvalue weighted by atomic mass is 16.7. The van der Waals surface area contributed by atoms with Gasteiger partial charge in [-0.05, 0) is 90.1 Å². The fourth-order valence-electron chi connectivity index (χ4n) is 5.15. The maximum absolute atomic E-state index is 6.23. The Morgan fingerprint density at radius 3 is 1.51 bits per heavy atom. The fourth-order valence-corrected chi connectivity index (χ4v) is 5.15. The average Bonchev–Trinajstić information content (AvgIpc) is 3.46. The highest BCUT2D eigenvalue weighted by molar-refractivity contribution is 4.92. The second-order valence-electron chi connectivity index (χ2n) is 11.6. The van der Waals surface area contributed by atoms with Crippen LogP contribution < -0.4 is 0 Å². The molecule has 0 saturated carbocycles. The van der Waals surface area contributed by atoms with Crippen molar-refractivity contribution in [1.29, 1.82) is 0 Å². The molecule has 39 heavy (non-hydrogen) atoms. The van der Waals surface area contributed by atoms with E-state index in [-0.39, 0.29) is 6.29 Å². The Hall–Kier alpha value is -0.900. The van der Waals surface area contributed by atoms with E-state index in [0.717, 1.165) is 39.0 Å². The van der Waals surface area contributed by atoms with E-state index in [1.165, 1.54) is 135 Å². The van der Waals surface area contributed by atoms with Crippen molar-refractivity contribution in [2.45, 2.75) is 161 Å². The lowest BCUT2D eigenvalue weighted by Crippen LogP contribution is -2.34. The molecule has 0 bridgehead atoms. The minimum atomic E-state index is -0.0372. The second kappa shape index (κ2) is 30.1. The van der Waals surface area contributed by atoms with Crippen LogP contribution in [0.4, 0.5) is 0 Å². The van der Waals surface area contributed by atoms with Crippen LogP contribution in [0.5, 0.6) is 0 Å². The van der Waals surface area contributed by atoms with E-state index in [1.54, 1.807) is 0 Å². The summed E-state index contributed by atoms with van der Waals surface area (Å²) in [5.41, 5.74) is 0. The lowest BCUT2D eigenvalue weighted by molar-refractivity contribution is -0.152. The van der Waals surface area contributed by atoms with Crippen LogP contribution in [0.15, 0.2) is 36.5 Å². The minimum Gasteiger partial charge on any atom is -0.351 e. The molecule has 0 aromatic heterocycles. The second-order valence-corrected chi connectivity index (χ2v) is 11.6. The Balaban J connectivity index is 1.99. The summed E-state index contributed by atoms with van der Waals surface area (Å²) in [4.78, 5) is 2.52. The molecule has 1 unspecified atom stereocenters. The molecule has 1 rings (SSSR count). The lowest BCUT2D eigenvalue weighted by Gasteiger charge is -2.24. The number of ether oxygens (including phenoxy) is 2. The summed E-state index contributed by atoms with van der Waals surface area (Å²) in [7, 11) is 0. The molecule has 3 nitrogen and oxygen atoms in total. The summed E-state index contributed by atoms with van der Waals surface area (Å²) < 4.78 is 12.4. The average molecular weight is 546 g/mol. The third-order valence-electron chi connectivity index (χ3n) is 7.70. The predicted octanol–water partition coefficient (Wildman–Crippen LogP) is 11.0. The number of unbranched alkanes of at least 4 members (excludes halogenated alkanes) is 15. The topological polar surface area (TPSA) is 21.7 Å². The van der Waals surface area contributed by atoms with Gasteiger partial charge in [0.25, 0.3) is 0 Å². The molecule has 1 aliphatic heterocycles. The summed E-state index contributed by atoms with van der Waals surface area (Å²) in [6, 6.07) is 0. The summed E-state index contributed by atoms with van der Waals surface area (Å²) in [5.74, 6) is 0. The van der Waals surface area contributed by atoms with Gasteiger partial charge in [-0.25, -0.2) is 0 Å². The molecule has 228 valence electrons. The highest BCUT2D eigenvalue weighted by Gasteiger charge is 2.18. The first-order valence-corrected chi connectivity index (χ1v) is 17.3. The molecule has 1 aliphatic rings. The van der Waals surface area contributed by atoms with Crippen molar-refractivity contribution in [1.82, 2.24) is 4.90 Å². The predicted molar refractivity (Wildman–Crippen MR) is 172 cm³/mol. The first-order valence-electron chi connectivity index (χ1n) is 17.3. The minimum absolute atomic E-state index is 0.0372. The van der Waals surface area contributed by atoms with Crippen LogP contribution in [0, 0.1) is 0 Å². The zero-order valence-electron chi connectivity index (χ0n) is 26.4. The molecule has 1 fully saturated rings. The van der Waals surface area contributed by atoms with Crippen molar-refractivity contribution < 1.29 is 9.47 Å². The molecule has 3 heteroatoms. The van der Waals surface area contributed by atoms with Crippen molar-refractivity contribution in [3.05, 3.63) is 36.5 Å². The lowest BCUT2D eigenvalue weighted by atomic mass is 10.1. The van der Waals surface area contributed by atoms with Crippen molar-refractivity contribution in [3.8, 4) is 0 Å². The first-order chi connectivity index (χ1) is 19.4. The number of nitrogens with zero attached hydrogens (tertiary/aromatic N) is 1. The zero-order valence-corrected chi connectivity index (χ0v) is 26.4. The van der Waals surface area contributed by atoms with Crippen molar-refractivity contribution >= 4 is 0 Å². The van der Waals surface area contributed by atoms with E-state index < -0.39 is 0 Å². The van der Waals surface area contributed by atoms with Gasteiger partial charge in [0.15, 0.2) is 6.29 Å². The monoisotopic (exact) mass is 546 g/mol. The van der Waals surface area contributed by atoms with Gasteiger partial charge in [-0.1, -0.05) is 115 Å². The molecule has 1 atom stereocenters. The molecule has 0 aromatic rings. The molecule has 0 amide bonds. The van der Waals surface area contributed by atoms with Crippen molar-refractivity contribution in [2.75, 3.05) is 32.8 Å². The maximum atomic E-state index is 6.23. The van der Waals surface area contributed by atoms with Gasteiger partial charge >= 0.3 is 0 Å². The quantitative estimate of drug-likeness (QED) is 0.0530. The van der Waals surface area contributed by atoms with Gasteiger partial charge in [-0.2, -0.15) is 0 Å². The number of hydrogen-bond donors (Lipinski definition) is 0. The third-order valence-corrected chi connectivity index (χ3v) is 7.70. The van der Waals surface area contributed by atoms with Gasteiger partial charge in [0.2, 0.25) is 0 Å². The standard InChI is InChI=1S/C36H67NO2/c1-3-5-7-9-11-13-15-16-17-18-19-20-22-24-26-30-34-39-36(35-37-31-27-28-32-37)38-33-29-25-23-21-14-12-10-8-6-4-2/h8,10-11,13,16-17,36H,3-7,9,12,14-15,18-35H2,1-2H3. The highest BCUT2D eigenvalue weighted by Crippen LogP contribution is 2.13. The Labute approximate surface area is 244 Å².